The molecule has 1 aliphatic rings. The molecular formula is C21H20N4O3. The summed E-state index contributed by atoms with van der Waals surface area (Å²) in [7, 11) is 0. The highest BCUT2D eigenvalue weighted by atomic mass is 16.3. The number of nitrogens with zero attached hydrogens (tertiary/aromatic N) is 1. The van der Waals surface area contributed by atoms with Gasteiger partial charge in [-0.3, -0.25) is 20.4 Å². The van der Waals surface area contributed by atoms with Crippen molar-refractivity contribution in [3.8, 4) is 0 Å². The molecule has 1 saturated heterocycles. The second-order valence-electron chi connectivity index (χ2n) is 6.85. The predicted octanol–water partition coefficient (Wildman–Crippen LogP) is 3.14. The van der Waals surface area contributed by atoms with E-state index in [9.17, 15) is 9.59 Å². The first-order chi connectivity index (χ1) is 13.5. The van der Waals surface area contributed by atoms with Crippen molar-refractivity contribution in [3.63, 3.8) is 0 Å². The molecule has 1 aliphatic heterocycles. The summed E-state index contributed by atoms with van der Waals surface area (Å²) >= 11 is 0. The van der Waals surface area contributed by atoms with Gasteiger partial charge in [0.2, 0.25) is 0 Å². The van der Waals surface area contributed by atoms with Crippen molar-refractivity contribution in [2.75, 3.05) is 5.43 Å². The summed E-state index contributed by atoms with van der Waals surface area (Å²) in [5, 5.41) is 1.83. The molecule has 0 spiro atoms. The number of anilines is 1. The lowest BCUT2D eigenvalue weighted by molar-refractivity contribution is -0.118. The predicted molar refractivity (Wildman–Crippen MR) is 108 cm³/mol. The topological polar surface area (TPSA) is 86.6 Å². The van der Waals surface area contributed by atoms with Gasteiger partial charge in [-0.1, -0.05) is 38.1 Å². The lowest BCUT2D eigenvalue weighted by Crippen LogP contribution is -2.43. The molecule has 1 amide bonds. The van der Waals surface area contributed by atoms with Crippen LogP contribution in [0, 0.1) is 0 Å². The Morgan fingerprint density at radius 2 is 1.86 bits per heavy atom. The first kappa shape index (κ1) is 17.8. The molecule has 0 saturated carbocycles. The standard InChI is InChI=1S/C21H20N4O3/c1-13(2)14-8-9-19-17(10-14)20(26)15(12-28-19)11-18-21(27)24-25(23-18)22-16-6-4-3-5-7-16/h3-13,22-23H,1-2H3,(H,24,27)/b18-11-. The lowest BCUT2D eigenvalue weighted by atomic mass is 10.0. The minimum absolute atomic E-state index is 0.180. The Morgan fingerprint density at radius 1 is 1.07 bits per heavy atom. The molecule has 7 heteroatoms. The fourth-order valence-electron chi connectivity index (χ4n) is 2.93. The summed E-state index contributed by atoms with van der Waals surface area (Å²) < 4.78 is 5.59. The van der Waals surface area contributed by atoms with Crippen LogP contribution in [-0.4, -0.2) is 11.1 Å². The summed E-state index contributed by atoms with van der Waals surface area (Å²) in [6, 6.07) is 15.0. The summed E-state index contributed by atoms with van der Waals surface area (Å²) in [6.07, 6.45) is 2.85. The number of benzene rings is 2. The average Bonchev–Trinajstić information content (AvgIpc) is 3.03. The summed E-state index contributed by atoms with van der Waals surface area (Å²) in [4.78, 5) is 25.1. The molecule has 0 bridgehead atoms. The normalized spacial score (nSPS) is 15.8. The molecule has 28 heavy (non-hydrogen) atoms. The molecule has 142 valence electrons. The van der Waals surface area contributed by atoms with Gasteiger partial charge < -0.3 is 4.42 Å². The van der Waals surface area contributed by atoms with Crippen molar-refractivity contribution in [2.45, 2.75) is 19.8 Å². The largest absolute Gasteiger partial charge is 0.463 e. The van der Waals surface area contributed by atoms with Gasteiger partial charge in [0.15, 0.2) is 5.43 Å². The van der Waals surface area contributed by atoms with Crippen LogP contribution in [0.4, 0.5) is 5.69 Å². The number of hydrogen-bond donors (Lipinski definition) is 3. The Labute approximate surface area is 161 Å². The summed E-state index contributed by atoms with van der Waals surface area (Å²) in [6.45, 7) is 4.13. The number of nitrogens with one attached hydrogen (secondary N) is 3. The second-order valence-corrected chi connectivity index (χ2v) is 6.85. The van der Waals surface area contributed by atoms with E-state index < -0.39 is 0 Å². The van der Waals surface area contributed by atoms with Gasteiger partial charge in [0, 0.05) is 0 Å². The zero-order chi connectivity index (χ0) is 19.7. The third-order valence-electron chi connectivity index (χ3n) is 4.49. The monoisotopic (exact) mass is 376 g/mol. The average molecular weight is 376 g/mol. The Balaban J connectivity index is 1.63. The van der Waals surface area contributed by atoms with E-state index in [1.807, 2.05) is 42.5 Å². The maximum atomic E-state index is 12.9. The first-order valence-electron chi connectivity index (χ1n) is 8.98. The molecule has 0 aliphatic carbocycles. The lowest BCUT2D eigenvalue weighted by Gasteiger charge is -2.16. The first-order valence-corrected chi connectivity index (χ1v) is 8.98. The molecule has 0 atom stereocenters. The van der Waals surface area contributed by atoms with Gasteiger partial charge in [0.1, 0.15) is 17.5 Å². The quantitative estimate of drug-likeness (QED) is 0.607. The smallest absolute Gasteiger partial charge is 0.286 e. The fourth-order valence-corrected chi connectivity index (χ4v) is 2.93. The van der Waals surface area contributed by atoms with Crippen molar-refractivity contribution in [2.24, 2.45) is 0 Å². The van der Waals surface area contributed by atoms with Crippen molar-refractivity contribution in [1.29, 1.82) is 0 Å². The van der Waals surface area contributed by atoms with E-state index in [0.717, 1.165) is 11.3 Å². The zero-order valence-electron chi connectivity index (χ0n) is 15.5. The molecule has 1 fully saturated rings. The number of hydrogen-bond acceptors (Lipinski definition) is 6. The van der Waals surface area contributed by atoms with E-state index in [4.69, 9.17) is 4.42 Å². The SMILES string of the molecule is CC(C)c1ccc2occ(/C=C3\NN(Nc4ccccc4)NC3=O)c(=O)c2c1. The van der Waals surface area contributed by atoms with Crippen LogP contribution in [0.25, 0.3) is 17.0 Å². The van der Waals surface area contributed by atoms with Gasteiger partial charge >= 0.3 is 0 Å². The van der Waals surface area contributed by atoms with Gasteiger partial charge in [0.05, 0.1) is 16.6 Å². The Hall–Kier alpha value is -3.58. The minimum atomic E-state index is -0.362. The van der Waals surface area contributed by atoms with E-state index in [1.165, 1.54) is 17.6 Å². The van der Waals surface area contributed by atoms with Crippen LogP contribution in [-0.2, 0) is 4.79 Å². The highest BCUT2D eigenvalue weighted by Gasteiger charge is 2.24. The van der Waals surface area contributed by atoms with Crippen LogP contribution in [0.2, 0.25) is 0 Å². The van der Waals surface area contributed by atoms with Crippen molar-refractivity contribution in [3.05, 3.63) is 81.8 Å². The van der Waals surface area contributed by atoms with Gasteiger partial charge in [-0.2, -0.15) is 0 Å². The Morgan fingerprint density at radius 3 is 2.61 bits per heavy atom. The molecular weight excluding hydrogens is 356 g/mol. The van der Waals surface area contributed by atoms with Crippen LogP contribution in [0.15, 0.2) is 69.7 Å². The maximum absolute atomic E-state index is 12.9. The van der Waals surface area contributed by atoms with E-state index in [-0.39, 0.29) is 17.0 Å². The van der Waals surface area contributed by atoms with Crippen molar-refractivity contribution >= 4 is 28.6 Å². The highest BCUT2D eigenvalue weighted by molar-refractivity contribution is 5.98. The van der Waals surface area contributed by atoms with Gasteiger partial charge in [-0.05, 0) is 47.0 Å². The van der Waals surface area contributed by atoms with Gasteiger partial charge in [-0.25, -0.2) is 5.43 Å². The molecule has 3 N–H and O–H groups in total. The van der Waals surface area contributed by atoms with Crippen molar-refractivity contribution < 1.29 is 9.21 Å². The molecule has 0 unspecified atom stereocenters. The zero-order valence-corrected chi connectivity index (χ0v) is 15.5. The third-order valence-corrected chi connectivity index (χ3v) is 4.49. The second kappa shape index (κ2) is 7.21. The number of fused-ring (bicyclic) bond motifs is 1. The van der Waals surface area contributed by atoms with Crippen LogP contribution in [0.3, 0.4) is 0 Å². The molecule has 2 aromatic carbocycles. The van der Waals surface area contributed by atoms with E-state index in [1.54, 1.807) is 6.07 Å². The summed E-state index contributed by atoms with van der Waals surface area (Å²) in [5.41, 5.74) is 11.2. The number of hydrazine groups is 3. The van der Waals surface area contributed by atoms with Crippen molar-refractivity contribution in [1.82, 2.24) is 16.1 Å². The molecule has 2 heterocycles. The van der Waals surface area contributed by atoms with Crippen LogP contribution in [0.1, 0.15) is 30.9 Å². The molecule has 3 aromatic rings. The molecule has 1 aromatic heterocycles. The van der Waals surface area contributed by atoms with Gasteiger partial charge in [0.25, 0.3) is 5.91 Å². The number of para-hydroxylation sites is 1. The Bertz CT molecular complexity index is 1120. The fraction of sp³-hybridized carbons (Fsp3) is 0.143. The number of carbonyl (C=O) groups is 1. The molecule has 4 rings (SSSR count). The number of rotatable bonds is 4. The minimum Gasteiger partial charge on any atom is -0.463 e. The van der Waals surface area contributed by atoms with Gasteiger partial charge in [-0.15, -0.1) is 0 Å². The molecule has 0 radical (unpaired) electrons. The highest BCUT2D eigenvalue weighted by Crippen LogP contribution is 2.20. The van der Waals surface area contributed by atoms with Crippen LogP contribution < -0.4 is 21.7 Å². The number of amides is 1. The van der Waals surface area contributed by atoms with E-state index >= 15 is 0 Å². The van der Waals surface area contributed by atoms with E-state index in [0.29, 0.717) is 22.5 Å². The molecule has 7 nitrogen and oxygen atoms in total. The third kappa shape index (κ3) is 3.47. The Kier molecular flexibility index (Phi) is 4.58. The van der Waals surface area contributed by atoms with Crippen LogP contribution >= 0.6 is 0 Å². The van der Waals surface area contributed by atoms with Crippen LogP contribution in [0.5, 0.6) is 0 Å². The number of carbonyl (C=O) groups excluding carboxylic acids is 1. The maximum Gasteiger partial charge on any atom is 0.286 e. The summed E-state index contributed by atoms with van der Waals surface area (Å²) in [5.74, 6) is -0.0652. The van der Waals surface area contributed by atoms with E-state index in [2.05, 4.69) is 30.1 Å².